The average molecular weight is 398 g/mol. The predicted octanol–water partition coefficient (Wildman–Crippen LogP) is 5.37. The van der Waals surface area contributed by atoms with E-state index in [2.05, 4.69) is 21.7 Å². The van der Waals surface area contributed by atoms with Gasteiger partial charge in [0.25, 0.3) is 5.91 Å². The van der Waals surface area contributed by atoms with Gasteiger partial charge in [-0.3, -0.25) is 4.79 Å². The molecule has 0 atom stereocenters. The van der Waals surface area contributed by atoms with Crippen LogP contribution in [0.2, 0.25) is 0 Å². The van der Waals surface area contributed by atoms with E-state index in [1.807, 2.05) is 69.2 Å². The molecule has 1 heterocycles. The van der Waals surface area contributed by atoms with Crippen molar-refractivity contribution >= 4 is 40.4 Å². The third-order valence-electron chi connectivity index (χ3n) is 4.15. The number of anilines is 2. The molecule has 0 saturated carbocycles. The fourth-order valence-electron chi connectivity index (χ4n) is 2.66. The standard InChI is InChI=1S/C21H23N3OS2/c1-14-11-17(24(3)4)9-10-19(14)23-21(25)18-7-5-6-8-20(18)27-13-16-12-26-15(2)22-16/h5-12H,13H2,1-4H3,(H,23,25). The van der Waals surface area contributed by atoms with Gasteiger partial charge in [0.05, 0.1) is 16.3 Å². The first-order valence-corrected chi connectivity index (χ1v) is 10.5. The number of aryl methyl sites for hydroxylation is 2. The molecule has 3 aromatic rings. The molecule has 3 rings (SSSR count). The first-order chi connectivity index (χ1) is 12.9. The van der Waals surface area contributed by atoms with Gasteiger partial charge in [-0.2, -0.15) is 0 Å². The molecule has 0 radical (unpaired) electrons. The second kappa shape index (κ2) is 8.59. The Hall–Kier alpha value is -2.31. The van der Waals surface area contributed by atoms with Crippen molar-refractivity contribution in [1.82, 2.24) is 4.98 Å². The van der Waals surface area contributed by atoms with Crippen LogP contribution in [-0.2, 0) is 5.75 Å². The summed E-state index contributed by atoms with van der Waals surface area (Å²) in [5.41, 5.74) is 4.72. The molecule has 4 nitrogen and oxygen atoms in total. The van der Waals surface area contributed by atoms with E-state index in [9.17, 15) is 4.79 Å². The molecule has 0 unspecified atom stereocenters. The minimum absolute atomic E-state index is 0.0896. The van der Waals surface area contributed by atoms with E-state index in [1.54, 1.807) is 23.1 Å². The number of hydrogen-bond donors (Lipinski definition) is 1. The van der Waals surface area contributed by atoms with Gasteiger partial charge in [0.2, 0.25) is 0 Å². The molecule has 0 fully saturated rings. The third-order valence-corrected chi connectivity index (χ3v) is 6.08. The van der Waals surface area contributed by atoms with Gasteiger partial charge in [-0.05, 0) is 49.7 Å². The van der Waals surface area contributed by atoms with Gasteiger partial charge in [-0.15, -0.1) is 23.1 Å². The molecule has 6 heteroatoms. The van der Waals surface area contributed by atoms with Crippen LogP contribution in [0.1, 0.15) is 26.6 Å². The van der Waals surface area contributed by atoms with Gasteiger partial charge >= 0.3 is 0 Å². The van der Waals surface area contributed by atoms with Crippen molar-refractivity contribution < 1.29 is 4.79 Å². The zero-order chi connectivity index (χ0) is 19.4. The van der Waals surface area contributed by atoms with Crippen molar-refractivity contribution in [3.8, 4) is 0 Å². The van der Waals surface area contributed by atoms with Crippen LogP contribution in [0.5, 0.6) is 0 Å². The zero-order valence-corrected chi connectivity index (χ0v) is 17.6. The number of carbonyl (C=O) groups excluding carboxylic acids is 1. The monoisotopic (exact) mass is 397 g/mol. The molecule has 1 amide bonds. The number of rotatable bonds is 6. The number of hydrogen-bond acceptors (Lipinski definition) is 5. The van der Waals surface area contributed by atoms with E-state index in [4.69, 9.17) is 0 Å². The molecule has 27 heavy (non-hydrogen) atoms. The van der Waals surface area contributed by atoms with Crippen molar-refractivity contribution in [2.24, 2.45) is 0 Å². The number of carbonyl (C=O) groups is 1. The number of benzene rings is 2. The third kappa shape index (κ3) is 4.90. The molecule has 0 aliphatic heterocycles. The first kappa shape index (κ1) is 19.5. The summed E-state index contributed by atoms with van der Waals surface area (Å²) in [7, 11) is 4.01. The fraction of sp³-hybridized carbons (Fsp3) is 0.238. The van der Waals surface area contributed by atoms with Gasteiger partial charge in [-0.25, -0.2) is 4.98 Å². The SMILES string of the molecule is Cc1nc(CSc2ccccc2C(=O)Nc2ccc(N(C)C)cc2C)cs1. The fourth-order valence-corrected chi connectivity index (χ4v) is 4.32. The highest BCUT2D eigenvalue weighted by atomic mass is 32.2. The Labute approximate surface area is 168 Å². The highest BCUT2D eigenvalue weighted by Gasteiger charge is 2.13. The lowest BCUT2D eigenvalue weighted by Crippen LogP contribution is -2.14. The number of amides is 1. The van der Waals surface area contributed by atoms with E-state index in [-0.39, 0.29) is 5.91 Å². The Morgan fingerprint density at radius 3 is 2.63 bits per heavy atom. The van der Waals surface area contributed by atoms with E-state index in [1.165, 1.54) is 0 Å². The molecule has 0 spiro atoms. The summed E-state index contributed by atoms with van der Waals surface area (Å²) in [6.45, 7) is 4.01. The Morgan fingerprint density at radius 1 is 1.19 bits per heavy atom. The molecule has 0 bridgehead atoms. The van der Waals surface area contributed by atoms with Crippen LogP contribution >= 0.6 is 23.1 Å². The largest absolute Gasteiger partial charge is 0.378 e. The molecule has 1 N–H and O–H groups in total. The Kier molecular flexibility index (Phi) is 6.19. The molecule has 1 aromatic heterocycles. The summed E-state index contributed by atoms with van der Waals surface area (Å²) in [6.07, 6.45) is 0. The Bertz CT molecular complexity index is 950. The van der Waals surface area contributed by atoms with Crippen molar-refractivity contribution in [3.05, 3.63) is 69.7 Å². The van der Waals surface area contributed by atoms with E-state index < -0.39 is 0 Å². The van der Waals surface area contributed by atoms with Crippen molar-refractivity contribution in [2.75, 3.05) is 24.3 Å². The minimum Gasteiger partial charge on any atom is -0.378 e. The number of aromatic nitrogens is 1. The molecular formula is C21H23N3OS2. The molecule has 0 aliphatic rings. The summed E-state index contributed by atoms with van der Waals surface area (Å²) in [5.74, 6) is 0.666. The molecule has 140 valence electrons. The number of thiazole rings is 1. The van der Waals surface area contributed by atoms with E-state index >= 15 is 0 Å². The normalized spacial score (nSPS) is 10.7. The second-order valence-corrected chi connectivity index (χ2v) is 8.57. The van der Waals surface area contributed by atoms with Gasteiger partial charge < -0.3 is 10.2 Å². The van der Waals surface area contributed by atoms with Crippen molar-refractivity contribution in [3.63, 3.8) is 0 Å². The van der Waals surface area contributed by atoms with Crippen molar-refractivity contribution in [1.29, 1.82) is 0 Å². The maximum atomic E-state index is 12.9. The summed E-state index contributed by atoms with van der Waals surface area (Å²) < 4.78 is 0. The number of nitrogens with one attached hydrogen (secondary N) is 1. The highest BCUT2D eigenvalue weighted by Crippen LogP contribution is 2.28. The highest BCUT2D eigenvalue weighted by molar-refractivity contribution is 7.98. The molecule has 0 aliphatic carbocycles. The smallest absolute Gasteiger partial charge is 0.256 e. The number of thioether (sulfide) groups is 1. The maximum Gasteiger partial charge on any atom is 0.256 e. The van der Waals surface area contributed by atoms with E-state index in [0.717, 1.165) is 38.3 Å². The quantitative estimate of drug-likeness (QED) is 0.568. The van der Waals surface area contributed by atoms with Gasteiger partial charge in [0, 0.05) is 41.5 Å². The molecule has 0 saturated heterocycles. The van der Waals surface area contributed by atoms with Crippen LogP contribution in [0, 0.1) is 13.8 Å². The average Bonchev–Trinajstić information content (AvgIpc) is 3.07. The number of nitrogens with zero attached hydrogens (tertiary/aromatic N) is 2. The van der Waals surface area contributed by atoms with Gasteiger partial charge in [-0.1, -0.05) is 12.1 Å². The first-order valence-electron chi connectivity index (χ1n) is 8.66. The topological polar surface area (TPSA) is 45.2 Å². The lowest BCUT2D eigenvalue weighted by atomic mass is 10.1. The van der Waals surface area contributed by atoms with Crippen LogP contribution in [0.4, 0.5) is 11.4 Å². The predicted molar refractivity (Wildman–Crippen MR) is 116 cm³/mol. The van der Waals surface area contributed by atoms with Gasteiger partial charge in [0.1, 0.15) is 0 Å². The zero-order valence-electron chi connectivity index (χ0n) is 15.9. The second-order valence-electron chi connectivity index (χ2n) is 6.49. The van der Waals surface area contributed by atoms with Crippen LogP contribution in [0.3, 0.4) is 0 Å². The Morgan fingerprint density at radius 2 is 1.96 bits per heavy atom. The summed E-state index contributed by atoms with van der Waals surface area (Å²) in [6, 6.07) is 13.7. The minimum atomic E-state index is -0.0896. The van der Waals surface area contributed by atoms with Crippen LogP contribution < -0.4 is 10.2 Å². The molecular weight excluding hydrogens is 374 g/mol. The van der Waals surface area contributed by atoms with E-state index in [0.29, 0.717) is 5.56 Å². The maximum absolute atomic E-state index is 12.9. The van der Waals surface area contributed by atoms with Crippen LogP contribution in [-0.4, -0.2) is 25.0 Å². The van der Waals surface area contributed by atoms with Crippen LogP contribution in [0.25, 0.3) is 0 Å². The summed E-state index contributed by atoms with van der Waals surface area (Å²) in [4.78, 5) is 20.4. The summed E-state index contributed by atoms with van der Waals surface area (Å²) in [5, 5.41) is 6.18. The van der Waals surface area contributed by atoms with Crippen LogP contribution in [0.15, 0.2) is 52.7 Å². The van der Waals surface area contributed by atoms with Gasteiger partial charge in [0.15, 0.2) is 0 Å². The lowest BCUT2D eigenvalue weighted by molar-refractivity contribution is 0.102. The lowest BCUT2D eigenvalue weighted by Gasteiger charge is -2.16. The molecule has 2 aromatic carbocycles. The summed E-state index contributed by atoms with van der Waals surface area (Å²) >= 11 is 3.29. The van der Waals surface area contributed by atoms with Crippen molar-refractivity contribution in [2.45, 2.75) is 24.5 Å². The Balaban J connectivity index is 1.75.